The highest BCUT2D eigenvalue weighted by atomic mass is 79.9. The fourth-order valence-electron chi connectivity index (χ4n) is 2.54. The van der Waals surface area contributed by atoms with Gasteiger partial charge in [-0.1, -0.05) is 33.6 Å². The maximum Gasteiger partial charge on any atom is 0.147 e. The zero-order valence-corrected chi connectivity index (χ0v) is 13.8. The molecule has 1 atom stereocenters. The molecule has 1 N–H and O–H groups in total. The lowest BCUT2D eigenvalue weighted by molar-refractivity contribution is 0.130. The van der Waals surface area contributed by atoms with E-state index in [4.69, 9.17) is 11.6 Å². The van der Waals surface area contributed by atoms with Gasteiger partial charge in [-0.05, 0) is 24.1 Å². The van der Waals surface area contributed by atoms with Crippen LogP contribution in [0.1, 0.15) is 23.9 Å². The van der Waals surface area contributed by atoms with Gasteiger partial charge in [-0.2, -0.15) is 0 Å². The van der Waals surface area contributed by atoms with E-state index in [1.54, 1.807) is 6.33 Å². The first kappa shape index (κ1) is 15.0. The summed E-state index contributed by atoms with van der Waals surface area (Å²) in [7, 11) is 0. The van der Waals surface area contributed by atoms with Gasteiger partial charge in [0.1, 0.15) is 12.2 Å². The van der Waals surface area contributed by atoms with Crippen LogP contribution in [0.3, 0.4) is 0 Å². The van der Waals surface area contributed by atoms with Crippen LogP contribution in [0.15, 0.2) is 29.0 Å². The molecule has 2 aromatic rings. The summed E-state index contributed by atoms with van der Waals surface area (Å²) in [4.78, 5) is 2.28. The van der Waals surface area contributed by atoms with E-state index >= 15 is 0 Å². The highest BCUT2D eigenvalue weighted by Gasteiger charge is 2.19. The van der Waals surface area contributed by atoms with E-state index in [2.05, 4.69) is 35.6 Å². The Hall–Kier alpha value is -0.950. The predicted octanol–water partition coefficient (Wildman–Crippen LogP) is 2.63. The minimum absolute atomic E-state index is 0.551. The van der Waals surface area contributed by atoms with Gasteiger partial charge in [0, 0.05) is 29.1 Å². The average Bonchev–Trinajstić information content (AvgIpc) is 2.92. The first-order chi connectivity index (χ1) is 10.1. The fraction of sp³-hybridized carbons (Fsp3) is 0.429. The zero-order chi connectivity index (χ0) is 14.8. The van der Waals surface area contributed by atoms with Crippen LogP contribution in [0.5, 0.6) is 0 Å². The molecular weight excluding hydrogens is 356 g/mol. The number of aromatic nitrogens is 3. The van der Waals surface area contributed by atoms with Crippen molar-refractivity contribution in [1.82, 2.24) is 19.7 Å². The molecule has 0 aliphatic carbocycles. The van der Waals surface area contributed by atoms with Crippen LogP contribution in [0.25, 0.3) is 0 Å². The Bertz CT molecular complexity index is 633. The minimum Gasteiger partial charge on any atom is -0.388 e. The van der Waals surface area contributed by atoms with Crippen molar-refractivity contribution in [3.05, 3.63) is 45.4 Å². The van der Waals surface area contributed by atoms with Crippen LogP contribution < -0.4 is 0 Å². The highest BCUT2D eigenvalue weighted by molar-refractivity contribution is 9.10. The number of halogens is 2. The Morgan fingerprint density at radius 3 is 3.05 bits per heavy atom. The van der Waals surface area contributed by atoms with Gasteiger partial charge in [0.2, 0.25) is 0 Å². The Morgan fingerprint density at radius 2 is 2.24 bits per heavy atom. The summed E-state index contributed by atoms with van der Waals surface area (Å²) in [5, 5.41) is 18.9. The maximum atomic E-state index is 10.3. The molecule has 3 rings (SSSR count). The van der Waals surface area contributed by atoms with Gasteiger partial charge in [-0.3, -0.25) is 4.90 Å². The number of fused-ring (bicyclic) bond motifs is 1. The maximum absolute atomic E-state index is 10.3. The van der Waals surface area contributed by atoms with E-state index in [0.29, 0.717) is 11.4 Å². The molecule has 1 unspecified atom stereocenters. The molecule has 0 amide bonds. The van der Waals surface area contributed by atoms with Crippen LogP contribution in [0, 0.1) is 0 Å². The van der Waals surface area contributed by atoms with Gasteiger partial charge in [0.25, 0.3) is 0 Å². The van der Waals surface area contributed by atoms with Gasteiger partial charge in [-0.15, -0.1) is 10.2 Å². The van der Waals surface area contributed by atoms with Crippen LogP contribution in [0.2, 0.25) is 5.02 Å². The first-order valence-electron chi connectivity index (χ1n) is 6.85. The number of aliphatic hydroxyl groups excluding tert-OH is 1. The van der Waals surface area contributed by atoms with Gasteiger partial charge in [-0.25, -0.2) is 0 Å². The van der Waals surface area contributed by atoms with Crippen LogP contribution in [-0.4, -0.2) is 37.9 Å². The second-order valence-corrected chi connectivity index (χ2v) is 6.51. The Labute approximate surface area is 136 Å². The average molecular weight is 372 g/mol. The minimum atomic E-state index is -0.551. The molecule has 21 heavy (non-hydrogen) atoms. The van der Waals surface area contributed by atoms with Gasteiger partial charge >= 0.3 is 0 Å². The van der Waals surface area contributed by atoms with E-state index in [-0.39, 0.29) is 0 Å². The topological polar surface area (TPSA) is 54.2 Å². The summed E-state index contributed by atoms with van der Waals surface area (Å²) in [5.74, 6) is 0.984. The standard InChI is InChI=1S/C14H16BrClN4O/c15-10-1-2-11(12(16)7-10)13(21)3-4-19-5-6-20-9-17-18-14(20)8-19/h1-2,7,9,13,21H,3-6,8H2. The van der Waals surface area contributed by atoms with E-state index in [1.165, 1.54) is 0 Å². The number of hydrogen-bond acceptors (Lipinski definition) is 4. The molecule has 1 aromatic heterocycles. The monoisotopic (exact) mass is 370 g/mol. The van der Waals surface area contributed by atoms with Crippen LogP contribution >= 0.6 is 27.5 Å². The second kappa shape index (κ2) is 6.44. The van der Waals surface area contributed by atoms with Gasteiger partial charge in [0.15, 0.2) is 0 Å². The number of hydrogen-bond donors (Lipinski definition) is 1. The van der Waals surface area contributed by atoms with E-state index in [1.807, 2.05) is 18.2 Å². The third kappa shape index (κ3) is 3.45. The summed E-state index contributed by atoms with van der Waals surface area (Å²) in [6.07, 6.45) is 1.86. The third-order valence-electron chi connectivity index (χ3n) is 3.76. The van der Waals surface area contributed by atoms with Crippen LogP contribution in [0.4, 0.5) is 0 Å². The Balaban J connectivity index is 1.58. The van der Waals surface area contributed by atoms with Crippen molar-refractivity contribution in [3.63, 3.8) is 0 Å². The van der Waals surface area contributed by atoms with Gasteiger partial charge in [0.05, 0.1) is 12.6 Å². The number of nitrogens with zero attached hydrogens (tertiary/aromatic N) is 4. The van der Waals surface area contributed by atoms with Crippen molar-refractivity contribution >= 4 is 27.5 Å². The predicted molar refractivity (Wildman–Crippen MR) is 84.0 cm³/mol. The fourth-order valence-corrected chi connectivity index (χ4v) is 3.34. The molecule has 2 heterocycles. The van der Waals surface area contributed by atoms with Crippen molar-refractivity contribution in [2.45, 2.75) is 25.6 Å². The second-order valence-electron chi connectivity index (χ2n) is 5.19. The largest absolute Gasteiger partial charge is 0.388 e. The normalized spacial score (nSPS) is 16.7. The number of rotatable bonds is 4. The molecular formula is C14H16BrClN4O. The Morgan fingerprint density at radius 1 is 1.38 bits per heavy atom. The molecule has 0 spiro atoms. The highest BCUT2D eigenvalue weighted by Crippen LogP contribution is 2.28. The molecule has 1 aliphatic heterocycles. The molecule has 0 bridgehead atoms. The molecule has 0 fully saturated rings. The van der Waals surface area contributed by atoms with Crippen molar-refractivity contribution in [3.8, 4) is 0 Å². The smallest absolute Gasteiger partial charge is 0.147 e. The summed E-state index contributed by atoms with van der Waals surface area (Å²) in [6.45, 7) is 3.44. The number of benzene rings is 1. The van der Waals surface area contributed by atoms with E-state index < -0.39 is 6.10 Å². The van der Waals surface area contributed by atoms with E-state index in [9.17, 15) is 5.11 Å². The molecule has 0 radical (unpaired) electrons. The van der Waals surface area contributed by atoms with Crippen molar-refractivity contribution in [1.29, 1.82) is 0 Å². The summed E-state index contributed by atoms with van der Waals surface area (Å²) >= 11 is 9.54. The molecule has 7 heteroatoms. The molecule has 1 aliphatic rings. The van der Waals surface area contributed by atoms with Crippen molar-refractivity contribution < 1.29 is 5.11 Å². The van der Waals surface area contributed by atoms with Gasteiger partial charge < -0.3 is 9.67 Å². The molecule has 0 saturated carbocycles. The molecule has 112 valence electrons. The van der Waals surface area contributed by atoms with Crippen LogP contribution in [-0.2, 0) is 13.1 Å². The lowest BCUT2D eigenvalue weighted by atomic mass is 10.1. The summed E-state index contributed by atoms with van der Waals surface area (Å²) < 4.78 is 2.98. The molecule has 5 nitrogen and oxygen atoms in total. The number of aliphatic hydroxyl groups is 1. The zero-order valence-electron chi connectivity index (χ0n) is 11.4. The van der Waals surface area contributed by atoms with E-state index in [0.717, 1.165) is 42.0 Å². The molecule has 0 saturated heterocycles. The lowest BCUT2D eigenvalue weighted by Crippen LogP contribution is -2.34. The molecule has 1 aromatic carbocycles. The quantitative estimate of drug-likeness (QED) is 0.898. The SMILES string of the molecule is OC(CCN1CCn2cnnc2C1)c1ccc(Br)cc1Cl. The summed E-state index contributed by atoms with van der Waals surface area (Å²) in [5.41, 5.74) is 0.778. The van der Waals surface area contributed by atoms with Crippen molar-refractivity contribution in [2.75, 3.05) is 13.1 Å². The lowest BCUT2D eigenvalue weighted by Gasteiger charge is -2.27. The summed E-state index contributed by atoms with van der Waals surface area (Å²) in [6, 6.07) is 5.57. The Kier molecular flexibility index (Phi) is 4.59. The van der Waals surface area contributed by atoms with Crippen molar-refractivity contribution in [2.24, 2.45) is 0 Å². The first-order valence-corrected chi connectivity index (χ1v) is 8.02. The third-order valence-corrected chi connectivity index (χ3v) is 4.58.